The van der Waals surface area contributed by atoms with Crippen LogP contribution in [0.2, 0.25) is 5.02 Å². The normalized spacial score (nSPS) is 16.3. The molecule has 0 amide bonds. The fourth-order valence-electron chi connectivity index (χ4n) is 2.70. The number of nitrogens with two attached hydrogens (primary N) is 1. The fraction of sp³-hybridized carbons (Fsp3) is 0.353. The number of nitriles is 1. The number of aromatic nitrogens is 2. The quantitative estimate of drug-likeness (QED) is 0.885. The van der Waals surface area contributed by atoms with E-state index in [1.807, 2.05) is 12.1 Å². The van der Waals surface area contributed by atoms with Crippen molar-refractivity contribution >= 4 is 23.1 Å². The fourth-order valence-corrected chi connectivity index (χ4v) is 2.90. The highest BCUT2D eigenvalue weighted by Gasteiger charge is 2.32. The van der Waals surface area contributed by atoms with E-state index in [1.54, 1.807) is 12.3 Å². The second-order valence-electron chi connectivity index (χ2n) is 5.88. The van der Waals surface area contributed by atoms with Crippen LogP contribution >= 0.6 is 11.6 Å². The summed E-state index contributed by atoms with van der Waals surface area (Å²) in [5.41, 5.74) is 7.66. The average Bonchev–Trinajstić information content (AvgIpc) is 2.63. The van der Waals surface area contributed by atoms with Gasteiger partial charge < -0.3 is 15.8 Å². The Bertz CT molecular complexity index is 768. The lowest BCUT2D eigenvalue weighted by atomic mass is 9.81. The summed E-state index contributed by atoms with van der Waals surface area (Å²) in [6.45, 7) is 1.83. The van der Waals surface area contributed by atoms with Crippen LogP contribution in [0.3, 0.4) is 0 Å². The second-order valence-corrected chi connectivity index (χ2v) is 6.28. The second kappa shape index (κ2) is 7.04. The van der Waals surface area contributed by atoms with E-state index >= 15 is 0 Å². The van der Waals surface area contributed by atoms with E-state index in [0.29, 0.717) is 36.3 Å². The third kappa shape index (κ3) is 3.58. The molecule has 7 heteroatoms. The average molecular weight is 344 g/mol. The van der Waals surface area contributed by atoms with Crippen LogP contribution in [-0.4, -0.2) is 29.7 Å². The smallest absolute Gasteiger partial charge is 0.124 e. The van der Waals surface area contributed by atoms with E-state index in [-0.39, 0.29) is 5.41 Å². The molecule has 1 aliphatic rings. The molecule has 0 atom stereocenters. The van der Waals surface area contributed by atoms with Gasteiger partial charge in [-0.1, -0.05) is 11.6 Å². The lowest BCUT2D eigenvalue weighted by molar-refractivity contribution is 0.0456. The van der Waals surface area contributed by atoms with Crippen molar-refractivity contribution in [2.75, 3.05) is 30.8 Å². The van der Waals surface area contributed by atoms with Crippen molar-refractivity contribution in [3.63, 3.8) is 0 Å². The Labute approximate surface area is 145 Å². The van der Waals surface area contributed by atoms with Crippen LogP contribution in [0.15, 0.2) is 30.6 Å². The van der Waals surface area contributed by atoms with Gasteiger partial charge in [0.15, 0.2) is 0 Å². The summed E-state index contributed by atoms with van der Waals surface area (Å²) < 4.78 is 5.36. The Morgan fingerprint density at radius 1 is 1.33 bits per heavy atom. The first kappa shape index (κ1) is 16.5. The molecule has 3 rings (SSSR count). The highest BCUT2D eigenvalue weighted by atomic mass is 35.5. The number of rotatable bonds is 4. The molecule has 0 aromatic carbocycles. The Morgan fingerprint density at radius 3 is 2.88 bits per heavy atom. The van der Waals surface area contributed by atoms with Crippen molar-refractivity contribution in [3.8, 4) is 17.3 Å². The number of pyridine rings is 2. The van der Waals surface area contributed by atoms with Crippen molar-refractivity contribution in [2.45, 2.75) is 12.8 Å². The Balaban J connectivity index is 1.78. The van der Waals surface area contributed by atoms with Crippen LogP contribution in [0.1, 0.15) is 12.8 Å². The molecule has 2 aromatic rings. The Morgan fingerprint density at radius 2 is 2.12 bits per heavy atom. The predicted octanol–water partition coefficient (Wildman–Crippen LogP) is 3.11. The number of nitrogens with zero attached hydrogens (tertiary/aromatic N) is 3. The van der Waals surface area contributed by atoms with E-state index < -0.39 is 0 Å². The number of ether oxygens (including phenoxy) is 1. The maximum atomic E-state index is 9.52. The van der Waals surface area contributed by atoms with E-state index in [2.05, 4.69) is 21.4 Å². The van der Waals surface area contributed by atoms with E-state index in [0.717, 1.165) is 24.1 Å². The van der Waals surface area contributed by atoms with E-state index in [4.69, 9.17) is 22.1 Å². The summed E-state index contributed by atoms with van der Waals surface area (Å²) in [6, 6.07) is 7.91. The van der Waals surface area contributed by atoms with Crippen LogP contribution in [0, 0.1) is 16.7 Å². The molecule has 3 heterocycles. The summed E-state index contributed by atoms with van der Waals surface area (Å²) in [6.07, 6.45) is 4.69. The molecule has 124 valence electrons. The molecule has 6 nitrogen and oxygen atoms in total. The zero-order valence-corrected chi connectivity index (χ0v) is 13.9. The van der Waals surface area contributed by atoms with Gasteiger partial charge in [0.05, 0.1) is 22.2 Å². The molecule has 0 radical (unpaired) electrons. The van der Waals surface area contributed by atoms with Gasteiger partial charge in [-0.05, 0) is 31.0 Å². The Kier molecular flexibility index (Phi) is 4.84. The van der Waals surface area contributed by atoms with Crippen molar-refractivity contribution in [1.29, 1.82) is 5.26 Å². The molecule has 0 bridgehead atoms. The monoisotopic (exact) mass is 343 g/mol. The number of hydrogen-bond acceptors (Lipinski definition) is 6. The molecule has 1 saturated heterocycles. The summed E-state index contributed by atoms with van der Waals surface area (Å²) in [5, 5.41) is 13.4. The van der Waals surface area contributed by atoms with Crippen LogP contribution in [-0.2, 0) is 4.74 Å². The Hall–Kier alpha value is -2.36. The molecule has 3 N–H and O–H groups in total. The number of anilines is 2. The van der Waals surface area contributed by atoms with Crippen molar-refractivity contribution in [3.05, 3.63) is 35.6 Å². The summed E-state index contributed by atoms with van der Waals surface area (Å²) in [7, 11) is 0. The highest BCUT2D eigenvalue weighted by molar-refractivity contribution is 6.33. The van der Waals surface area contributed by atoms with Gasteiger partial charge >= 0.3 is 0 Å². The summed E-state index contributed by atoms with van der Waals surface area (Å²) in [5.74, 6) is 0.389. The third-order valence-electron chi connectivity index (χ3n) is 4.23. The number of nitrogens with one attached hydrogen (secondary N) is 1. The lowest BCUT2D eigenvalue weighted by Crippen LogP contribution is -2.34. The van der Waals surface area contributed by atoms with Gasteiger partial charge in [-0.2, -0.15) is 5.26 Å². The van der Waals surface area contributed by atoms with Gasteiger partial charge in [0.1, 0.15) is 5.82 Å². The largest absolute Gasteiger partial charge is 0.384 e. The predicted molar refractivity (Wildman–Crippen MR) is 93.5 cm³/mol. The van der Waals surface area contributed by atoms with Crippen molar-refractivity contribution in [2.24, 2.45) is 5.41 Å². The maximum Gasteiger partial charge on any atom is 0.124 e. The third-order valence-corrected chi connectivity index (χ3v) is 4.53. The molecule has 1 aliphatic heterocycles. The topological polar surface area (TPSA) is 96.9 Å². The lowest BCUT2D eigenvalue weighted by Gasteiger charge is -2.31. The number of hydrogen-bond donors (Lipinski definition) is 2. The minimum Gasteiger partial charge on any atom is -0.384 e. The van der Waals surface area contributed by atoms with Gasteiger partial charge in [-0.25, -0.2) is 4.98 Å². The standard InChI is InChI=1S/C17H18ClN5O/c18-14-9-22-16(20)8-13(14)15-7-12(1-4-21-15)23-11-17(10-19)2-5-24-6-3-17/h1,4,7-9H,2-3,5-6,11H2,(H2,20,22)(H,21,23). The van der Waals surface area contributed by atoms with Gasteiger partial charge in [0.25, 0.3) is 0 Å². The molecule has 0 unspecified atom stereocenters. The molecular formula is C17H18ClN5O. The first-order valence-electron chi connectivity index (χ1n) is 7.72. The molecular weight excluding hydrogens is 326 g/mol. The molecule has 0 aliphatic carbocycles. The van der Waals surface area contributed by atoms with Gasteiger partial charge in [-0.3, -0.25) is 4.98 Å². The number of nitrogen functional groups attached to an aromatic ring is 1. The van der Waals surface area contributed by atoms with Gasteiger partial charge in [0.2, 0.25) is 0 Å². The van der Waals surface area contributed by atoms with E-state index in [9.17, 15) is 5.26 Å². The summed E-state index contributed by atoms with van der Waals surface area (Å²) in [4.78, 5) is 8.31. The SMILES string of the molecule is N#CC1(CNc2ccnc(-c3cc(N)ncc3Cl)c2)CCOCC1. The summed E-state index contributed by atoms with van der Waals surface area (Å²) >= 11 is 6.19. The minimum atomic E-state index is -0.388. The van der Waals surface area contributed by atoms with E-state index in [1.165, 1.54) is 6.20 Å². The van der Waals surface area contributed by atoms with Crippen molar-refractivity contribution in [1.82, 2.24) is 9.97 Å². The van der Waals surface area contributed by atoms with Gasteiger partial charge in [-0.15, -0.1) is 0 Å². The first-order chi connectivity index (χ1) is 11.6. The minimum absolute atomic E-state index is 0.388. The first-order valence-corrected chi connectivity index (χ1v) is 8.10. The highest BCUT2D eigenvalue weighted by Crippen LogP contribution is 2.31. The van der Waals surface area contributed by atoms with Crippen molar-refractivity contribution < 1.29 is 4.74 Å². The zero-order valence-electron chi connectivity index (χ0n) is 13.1. The molecule has 2 aromatic heterocycles. The molecule has 0 spiro atoms. The molecule has 24 heavy (non-hydrogen) atoms. The van der Waals surface area contributed by atoms with Crippen LogP contribution < -0.4 is 11.1 Å². The zero-order chi connectivity index (χ0) is 17.0. The maximum absolute atomic E-state index is 9.52. The van der Waals surface area contributed by atoms with Crippen LogP contribution in [0.5, 0.6) is 0 Å². The van der Waals surface area contributed by atoms with Gasteiger partial charge in [0, 0.05) is 43.4 Å². The molecule has 1 fully saturated rings. The number of halogens is 1. The van der Waals surface area contributed by atoms with Crippen LogP contribution in [0.25, 0.3) is 11.3 Å². The molecule has 0 saturated carbocycles. The van der Waals surface area contributed by atoms with Crippen LogP contribution in [0.4, 0.5) is 11.5 Å².